The van der Waals surface area contributed by atoms with Crippen molar-refractivity contribution in [2.75, 3.05) is 0 Å². The van der Waals surface area contributed by atoms with Crippen LogP contribution in [-0.4, -0.2) is 33.1 Å². The van der Waals surface area contributed by atoms with E-state index in [0.29, 0.717) is 6.86 Å². The van der Waals surface area contributed by atoms with Crippen LogP contribution >= 0.6 is 0 Å². The molecule has 2 unspecified atom stereocenters. The number of carbonyl (C=O) groups is 2. The van der Waals surface area contributed by atoms with Gasteiger partial charge in [-0.05, 0) is 35.8 Å². The second-order valence-electron chi connectivity index (χ2n) is 11.4. The van der Waals surface area contributed by atoms with Crippen molar-refractivity contribution in [3.63, 3.8) is 0 Å². The van der Waals surface area contributed by atoms with Crippen molar-refractivity contribution in [2.24, 2.45) is 11.8 Å². The van der Waals surface area contributed by atoms with Gasteiger partial charge in [0.2, 0.25) is 0 Å². The van der Waals surface area contributed by atoms with Gasteiger partial charge in [0.15, 0.2) is 0 Å². The third-order valence-electron chi connectivity index (χ3n) is 5.68. The fourth-order valence-corrected chi connectivity index (χ4v) is 10.7. The SMILES string of the molecule is CCCCC(CC)C/C(C(=O)[O-])=C(\CC(CC)CCCC)C(=O)[O-].C[C](C)(C)[Sn+2][C](C)(C)C. The van der Waals surface area contributed by atoms with Crippen molar-refractivity contribution in [3.05, 3.63) is 11.1 Å². The van der Waals surface area contributed by atoms with Crippen molar-refractivity contribution in [1.82, 2.24) is 0 Å². The number of carboxylic acid groups (broad SMARTS) is 2. The number of rotatable bonds is 14. The first-order valence-electron chi connectivity index (χ1n) is 13.1. The molecule has 0 amide bonds. The maximum atomic E-state index is 11.6. The van der Waals surface area contributed by atoms with Crippen molar-refractivity contribution in [1.29, 1.82) is 0 Å². The van der Waals surface area contributed by atoms with Gasteiger partial charge in [-0.15, -0.1) is 0 Å². The molecule has 0 aliphatic carbocycles. The monoisotopic (exact) mass is 572 g/mol. The summed E-state index contributed by atoms with van der Waals surface area (Å²) in [4.78, 5) is 23.2. The summed E-state index contributed by atoms with van der Waals surface area (Å²) >= 11 is -0.182. The molecule has 0 heterocycles. The van der Waals surface area contributed by atoms with E-state index >= 15 is 0 Å². The van der Waals surface area contributed by atoms with E-state index in [2.05, 4.69) is 55.4 Å². The van der Waals surface area contributed by atoms with Gasteiger partial charge >= 0.3 is 69.5 Å². The Morgan fingerprint density at radius 3 is 1.12 bits per heavy atom. The maximum absolute atomic E-state index is 11.6. The Morgan fingerprint density at radius 1 is 0.667 bits per heavy atom. The molecule has 0 N–H and O–H groups in total. The average Bonchev–Trinajstić information content (AvgIpc) is 2.66. The van der Waals surface area contributed by atoms with Crippen LogP contribution in [0.15, 0.2) is 11.1 Å². The standard InChI is InChI=1S/C20H36O4.2C4H9.Sn/c1-5-9-11-15(7-3)13-17(19(21)22)18(20(23)24)14-16(8-4)12-10-6-2;2*1-4(2)3;/h15-16H,5-14H2,1-4H3,(H,21,22)(H,23,24);2*1-3H3;/q;;;+2/p-2/b18-17-;;;. The van der Waals surface area contributed by atoms with E-state index in [0.717, 1.165) is 51.4 Å². The summed E-state index contributed by atoms with van der Waals surface area (Å²) in [6, 6.07) is 0. The van der Waals surface area contributed by atoms with E-state index < -0.39 is 11.9 Å². The Bertz CT molecular complexity index is 532. The van der Waals surface area contributed by atoms with Gasteiger partial charge in [0.05, 0.1) is 11.9 Å². The third kappa shape index (κ3) is 19.5. The minimum atomic E-state index is -1.35. The van der Waals surface area contributed by atoms with Crippen LogP contribution in [0.5, 0.6) is 0 Å². The van der Waals surface area contributed by atoms with Gasteiger partial charge < -0.3 is 19.8 Å². The zero-order chi connectivity index (χ0) is 26.2. The molecule has 33 heavy (non-hydrogen) atoms. The van der Waals surface area contributed by atoms with Gasteiger partial charge in [-0.3, -0.25) is 0 Å². The molecular weight excluding hydrogens is 519 g/mol. The van der Waals surface area contributed by atoms with Crippen molar-refractivity contribution >= 4 is 33.1 Å². The van der Waals surface area contributed by atoms with E-state index in [1.807, 2.05) is 13.8 Å². The molecule has 2 atom stereocenters. The van der Waals surface area contributed by atoms with E-state index in [1.165, 1.54) is 0 Å². The summed E-state index contributed by atoms with van der Waals surface area (Å²) in [5.74, 6) is -2.34. The second kappa shape index (κ2) is 17.8. The first kappa shape index (κ1) is 34.6. The fraction of sp³-hybridized carbons (Fsp3) is 0.857. The number of aliphatic carboxylic acids is 2. The second-order valence-corrected chi connectivity index (χ2v) is 20.7. The number of unbranched alkanes of at least 4 members (excludes halogenated alkanes) is 2. The van der Waals surface area contributed by atoms with Crippen LogP contribution in [0, 0.1) is 11.8 Å². The predicted molar refractivity (Wildman–Crippen MR) is 138 cm³/mol. The number of carboxylic acids is 2. The average molecular weight is 571 g/mol. The van der Waals surface area contributed by atoms with Crippen LogP contribution in [0.2, 0.25) is 6.86 Å². The molecule has 0 rings (SSSR count). The molecule has 4 nitrogen and oxygen atoms in total. The number of hydrogen-bond donors (Lipinski definition) is 0. The molecule has 0 fully saturated rings. The molecule has 0 aromatic heterocycles. The molecule has 5 heteroatoms. The number of carbonyl (C=O) groups excluding carboxylic acids is 2. The van der Waals surface area contributed by atoms with Crippen LogP contribution < -0.4 is 10.2 Å². The zero-order valence-corrected chi connectivity index (χ0v) is 26.2. The first-order valence-corrected chi connectivity index (χ1v) is 15.9. The zero-order valence-electron chi connectivity index (χ0n) is 23.4. The predicted octanol–water partition coefficient (Wildman–Crippen LogP) is 6.12. The van der Waals surface area contributed by atoms with Crippen LogP contribution in [-0.2, 0) is 9.59 Å². The van der Waals surface area contributed by atoms with Gasteiger partial charge in [-0.1, -0.05) is 79.1 Å². The molecule has 0 radical (unpaired) electrons. The molecule has 0 saturated heterocycles. The van der Waals surface area contributed by atoms with Crippen LogP contribution in [0.1, 0.15) is 133 Å². The minimum absolute atomic E-state index is 0.0482. The van der Waals surface area contributed by atoms with E-state index in [1.54, 1.807) is 0 Å². The Balaban J connectivity index is 0. The summed E-state index contributed by atoms with van der Waals surface area (Å²) < 4.78 is 1.31. The summed E-state index contributed by atoms with van der Waals surface area (Å²) in [5.41, 5.74) is -0.0965. The Labute approximate surface area is 215 Å². The molecule has 0 spiro atoms. The summed E-state index contributed by atoms with van der Waals surface area (Å²) in [6.07, 6.45) is 8.18. The number of hydrogen-bond acceptors (Lipinski definition) is 4. The van der Waals surface area contributed by atoms with Crippen molar-refractivity contribution in [3.8, 4) is 0 Å². The van der Waals surface area contributed by atoms with Gasteiger partial charge in [0.25, 0.3) is 0 Å². The normalized spacial score (nSPS) is 14.4. The van der Waals surface area contributed by atoms with Crippen LogP contribution in [0.4, 0.5) is 0 Å². The summed E-state index contributed by atoms with van der Waals surface area (Å²) in [7, 11) is 0. The van der Waals surface area contributed by atoms with E-state index in [4.69, 9.17) is 0 Å². The quantitative estimate of drug-likeness (QED) is 0.186. The topological polar surface area (TPSA) is 80.3 Å². The van der Waals surface area contributed by atoms with Gasteiger partial charge in [-0.25, -0.2) is 0 Å². The van der Waals surface area contributed by atoms with E-state index in [-0.39, 0.29) is 57.0 Å². The molecule has 0 aromatic carbocycles. The summed E-state index contributed by atoms with van der Waals surface area (Å²) in [5, 5.41) is 23.2. The van der Waals surface area contributed by atoms with Gasteiger partial charge in [-0.2, -0.15) is 0 Å². The molecule has 0 bridgehead atoms. The van der Waals surface area contributed by atoms with Crippen LogP contribution in [0.25, 0.3) is 0 Å². The van der Waals surface area contributed by atoms with Gasteiger partial charge in [0.1, 0.15) is 0 Å². The van der Waals surface area contributed by atoms with Gasteiger partial charge in [0, 0.05) is 0 Å². The third-order valence-corrected chi connectivity index (χ3v) is 9.96. The molecule has 0 aromatic rings. The summed E-state index contributed by atoms with van der Waals surface area (Å²) in [6.45, 7) is 22.4. The Hall–Kier alpha value is -0.521. The van der Waals surface area contributed by atoms with Crippen molar-refractivity contribution < 1.29 is 19.8 Å². The Kier molecular flexibility index (Phi) is 18.7. The first-order chi connectivity index (χ1) is 15.1. The molecule has 0 aliphatic heterocycles. The molecule has 192 valence electrons. The Morgan fingerprint density at radius 2 is 0.970 bits per heavy atom. The molecular formula is C28H52O4Sn. The van der Waals surface area contributed by atoms with Crippen molar-refractivity contribution in [2.45, 2.75) is 140 Å². The molecule has 0 aliphatic rings. The fourth-order valence-electron chi connectivity index (χ4n) is 4.25. The van der Waals surface area contributed by atoms with Crippen LogP contribution in [0.3, 0.4) is 0 Å². The molecule has 0 saturated carbocycles. The van der Waals surface area contributed by atoms with E-state index in [9.17, 15) is 19.8 Å².